The van der Waals surface area contributed by atoms with Crippen molar-refractivity contribution >= 4 is 54.1 Å². The standard InChI is InChI=1S/C47H51NO14.C23H32N4OS/c1-25-31(60-43(56)36(52)35(28-16-10-7-11-17-28)48-41(54)29-18-12-8-13-19-29)23-47(57)40(61-42(55)30-20-14-9-15-21-30)38-45(6,32(51)22-33-46(38,24-58-33)62-27(3)50)39(53)37(59-26(2)49)34(25)44(47,4)5;1-16-7-5-6-10-18(16)20-14-26-11-12-27(23(28)19(24)15-29)21(22(26)25-20)13-17-8-3-2-4-9-17/h7-21,31-33,35-38,40,51-52,57H,22-24H2,1-6H3,(H,48,54);5-7,10,14,17,19,21,29H,2-4,8-9,11-13,15,24H2,1H3/t31-,32-,33+,35-,36+,37+,38-,40-,45+,46-,47+;/m0./s1. The summed E-state index contributed by atoms with van der Waals surface area (Å²) in [5, 5.41) is 40.2. The molecule has 4 aromatic carbocycles. The molecule has 2 bridgehead atoms. The van der Waals surface area contributed by atoms with Gasteiger partial charge in [-0.1, -0.05) is 137 Å². The number of nitrogens with two attached hydrogens (primary N) is 1. The summed E-state index contributed by atoms with van der Waals surface area (Å²) in [7, 11) is 0. The number of nitrogens with one attached hydrogen (secondary N) is 1. The van der Waals surface area contributed by atoms with E-state index in [0.717, 1.165) is 43.9 Å². The molecule has 5 aromatic rings. The minimum Gasteiger partial charge on any atom is -0.456 e. The number of carbonyl (C=O) groups excluding carboxylic acids is 7. The number of aliphatic hydroxyl groups excluding tert-OH is 2. The number of fused-ring (bicyclic) bond motifs is 6. The van der Waals surface area contributed by atoms with E-state index in [1.807, 2.05) is 4.90 Å². The number of benzene rings is 4. The third kappa shape index (κ3) is 12.6. The molecule has 20 nitrogen and oxygen atoms in total. The van der Waals surface area contributed by atoms with Gasteiger partial charge < -0.3 is 59.5 Å². The Balaban J connectivity index is 0.000000260. The number of ketones is 1. The zero-order chi connectivity index (χ0) is 65.3. The number of aliphatic hydroxyl groups is 3. The van der Waals surface area contributed by atoms with Gasteiger partial charge in [0.05, 0.1) is 53.4 Å². The molecule has 2 aliphatic heterocycles. The van der Waals surface area contributed by atoms with Gasteiger partial charge in [-0.15, -0.1) is 0 Å². The number of carbonyl (C=O) groups is 7. The Morgan fingerprint density at radius 3 is 2.05 bits per heavy atom. The smallest absolute Gasteiger partial charge is 0.338 e. The van der Waals surface area contributed by atoms with Crippen LogP contribution in [-0.4, -0.2) is 144 Å². The van der Waals surface area contributed by atoms with E-state index in [1.54, 1.807) is 92.7 Å². The predicted molar refractivity (Wildman–Crippen MR) is 338 cm³/mol. The van der Waals surface area contributed by atoms with E-state index in [-0.39, 0.29) is 47.2 Å². The second kappa shape index (κ2) is 27.0. The van der Waals surface area contributed by atoms with Crippen LogP contribution in [0.4, 0.5) is 0 Å². The van der Waals surface area contributed by atoms with Crippen LogP contribution >= 0.6 is 12.6 Å². The zero-order valence-electron chi connectivity index (χ0n) is 52.5. The Labute approximate surface area is 535 Å². The first-order valence-corrected chi connectivity index (χ1v) is 32.0. The Kier molecular flexibility index (Phi) is 19.7. The van der Waals surface area contributed by atoms with E-state index in [2.05, 4.69) is 59.9 Å². The summed E-state index contributed by atoms with van der Waals surface area (Å²) in [6.07, 6.45) is -0.941. The van der Waals surface area contributed by atoms with Crippen molar-refractivity contribution in [2.75, 3.05) is 18.9 Å². The number of Topliss-reactive ketones (excluding diaryl/α,β-unsaturated/α-hetero) is 1. The molecule has 11 rings (SSSR count). The maximum atomic E-state index is 15.5. The predicted octanol–water partition coefficient (Wildman–Crippen LogP) is 7.71. The fraction of sp³-hybridized carbons (Fsp3) is 0.486. The highest BCUT2D eigenvalue weighted by Gasteiger charge is 2.78. The van der Waals surface area contributed by atoms with E-state index in [4.69, 9.17) is 34.4 Å². The number of hydrogen-bond acceptors (Lipinski definition) is 18. The van der Waals surface area contributed by atoms with Gasteiger partial charge in [-0.2, -0.15) is 12.6 Å². The van der Waals surface area contributed by atoms with Crippen LogP contribution < -0.4 is 11.1 Å². The van der Waals surface area contributed by atoms with Crippen LogP contribution in [0.25, 0.3) is 11.3 Å². The number of hydrogen-bond donors (Lipinski definition) is 6. The average molecular weight is 1270 g/mol. The van der Waals surface area contributed by atoms with Crippen LogP contribution in [0.15, 0.2) is 133 Å². The van der Waals surface area contributed by atoms with Crippen molar-refractivity contribution in [2.45, 2.75) is 172 Å². The summed E-state index contributed by atoms with van der Waals surface area (Å²) in [6.45, 7) is 11.5. The quantitative estimate of drug-likeness (QED) is 0.0253. The molecule has 484 valence electrons. The summed E-state index contributed by atoms with van der Waals surface area (Å²) in [5.41, 5.74) is 2.45. The molecule has 0 spiro atoms. The van der Waals surface area contributed by atoms with Gasteiger partial charge in [0, 0.05) is 68.3 Å². The number of amides is 2. The van der Waals surface area contributed by atoms with Crippen molar-refractivity contribution in [1.29, 1.82) is 0 Å². The molecule has 13 atom stereocenters. The summed E-state index contributed by atoms with van der Waals surface area (Å²) in [6, 6.07) is 30.7. The van der Waals surface area contributed by atoms with Crippen molar-refractivity contribution in [3.63, 3.8) is 0 Å². The Hall–Kier alpha value is -7.53. The Morgan fingerprint density at radius 1 is 0.824 bits per heavy atom. The maximum absolute atomic E-state index is 15.5. The summed E-state index contributed by atoms with van der Waals surface area (Å²) in [4.78, 5) is 104. The van der Waals surface area contributed by atoms with Gasteiger partial charge in [-0.05, 0) is 79.6 Å². The van der Waals surface area contributed by atoms with E-state index >= 15 is 4.79 Å². The topological polar surface area (TPSA) is 285 Å². The van der Waals surface area contributed by atoms with Crippen molar-refractivity contribution in [3.8, 4) is 11.3 Å². The molecule has 0 radical (unpaired) electrons. The molecule has 6 N–H and O–H groups in total. The molecule has 2 amide bonds. The number of ether oxygens (including phenoxy) is 5. The number of aromatic nitrogens is 2. The number of imidazole rings is 1. The number of aryl methyl sites for hydroxylation is 1. The van der Waals surface area contributed by atoms with Crippen LogP contribution in [0.1, 0.15) is 143 Å². The lowest BCUT2D eigenvalue weighted by Crippen LogP contribution is -2.82. The largest absolute Gasteiger partial charge is 0.456 e. The lowest BCUT2D eigenvalue weighted by atomic mass is 9.44. The first-order valence-electron chi connectivity index (χ1n) is 31.4. The molecule has 2 unspecified atom stereocenters. The number of rotatable bonds is 15. The molecule has 21 heteroatoms. The van der Waals surface area contributed by atoms with Gasteiger partial charge in [-0.25, -0.2) is 14.6 Å². The molecule has 4 aliphatic carbocycles. The van der Waals surface area contributed by atoms with Crippen molar-refractivity contribution in [2.24, 2.45) is 28.4 Å². The van der Waals surface area contributed by atoms with Gasteiger partial charge in [0.15, 0.2) is 23.6 Å². The van der Waals surface area contributed by atoms with Crippen LogP contribution in [0, 0.1) is 29.6 Å². The summed E-state index contributed by atoms with van der Waals surface area (Å²) in [5.74, 6) is -4.80. The molecule has 1 saturated heterocycles. The zero-order valence-corrected chi connectivity index (χ0v) is 53.4. The summed E-state index contributed by atoms with van der Waals surface area (Å²) >= 11 is 4.26. The van der Waals surface area contributed by atoms with Crippen LogP contribution in [-0.2, 0) is 54.2 Å². The lowest BCUT2D eigenvalue weighted by molar-refractivity contribution is -0.346. The Bertz CT molecular complexity index is 3560. The van der Waals surface area contributed by atoms with Gasteiger partial charge in [-0.3, -0.25) is 24.0 Å². The van der Waals surface area contributed by atoms with Crippen LogP contribution in [0.3, 0.4) is 0 Å². The van der Waals surface area contributed by atoms with Crippen molar-refractivity contribution < 1.29 is 72.6 Å². The monoisotopic (exact) mass is 1270 g/mol. The first-order chi connectivity index (χ1) is 43.4. The maximum Gasteiger partial charge on any atom is 0.338 e. The molecule has 3 saturated carbocycles. The Morgan fingerprint density at radius 2 is 1.45 bits per heavy atom. The molecular weight excluding hydrogens is 1180 g/mol. The van der Waals surface area contributed by atoms with Gasteiger partial charge in [0.1, 0.15) is 29.7 Å². The normalized spacial score (nSPS) is 28.4. The molecule has 6 aliphatic rings. The fourth-order valence-electron chi connectivity index (χ4n) is 15.1. The van der Waals surface area contributed by atoms with Crippen molar-refractivity contribution in [3.05, 3.63) is 161 Å². The number of esters is 4. The SMILES string of the molecule is CC(=O)O[C@H]1C(=O)[C@@]2(C)[C@H]([C@H](OC(=O)c3ccccc3)[C@]3(O)C[C@H](OC(=O)[C@H](O)[C@@H](NC(=O)c4ccccc4)c4ccccc4)C(C)=C1C3(C)C)[C@]1(OC(C)=O)CO[C@@H]1C[C@@H]2O.Cc1ccccc1-c1cn2c(n1)C(CC1CCCCC1)N(C(=O)C(N)CS)CC2. The molecular formula is C70H83N5O15S. The van der Waals surface area contributed by atoms with E-state index in [1.165, 1.54) is 63.6 Å². The van der Waals surface area contributed by atoms with E-state index in [9.17, 15) is 44.1 Å². The van der Waals surface area contributed by atoms with Gasteiger partial charge >= 0.3 is 23.9 Å². The van der Waals surface area contributed by atoms with E-state index < -0.39 is 119 Å². The highest BCUT2D eigenvalue weighted by atomic mass is 32.1. The molecule has 1 aromatic heterocycles. The average Bonchev–Trinajstić information content (AvgIpc) is 0.910. The number of nitrogens with zero attached hydrogens (tertiary/aromatic N) is 3. The van der Waals surface area contributed by atoms with Crippen LogP contribution in [0.5, 0.6) is 0 Å². The van der Waals surface area contributed by atoms with Crippen molar-refractivity contribution in [1.82, 2.24) is 19.8 Å². The summed E-state index contributed by atoms with van der Waals surface area (Å²) < 4.78 is 32.5. The fourth-order valence-corrected chi connectivity index (χ4v) is 15.2. The third-order valence-corrected chi connectivity index (χ3v) is 20.4. The second-order valence-electron chi connectivity index (χ2n) is 25.9. The lowest BCUT2D eigenvalue weighted by Gasteiger charge is -2.67. The number of thiol groups is 1. The highest BCUT2D eigenvalue weighted by molar-refractivity contribution is 7.80. The van der Waals surface area contributed by atoms with E-state index in [0.29, 0.717) is 23.8 Å². The first kappa shape index (κ1) is 66.4. The van der Waals surface area contributed by atoms with Crippen LogP contribution in [0.2, 0.25) is 0 Å². The van der Waals surface area contributed by atoms with Gasteiger partial charge in [0.25, 0.3) is 5.91 Å². The minimum absolute atomic E-state index is 0.00283. The molecule has 91 heavy (non-hydrogen) atoms. The highest BCUT2D eigenvalue weighted by Crippen LogP contribution is 2.64. The molecule has 3 heterocycles. The molecule has 4 fully saturated rings. The second-order valence-corrected chi connectivity index (χ2v) is 26.3. The third-order valence-electron chi connectivity index (χ3n) is 20.0. The minimum atomic E-state index is -2.39. The van der Waals surface area contributed by atoms with Gasteiger partial charge in [0.2, 0.25) is 5.91 Å².